The first-order chi connectivity index (χ1) is 8.31. The fourth-order valence-electron chi connectivity index (χ4n) is 2.13. The Morgan fingerprint density at radius 1 is 1.39 bits per heavy atom. The van der Waals surface area contributed by atoms with Crippen LogP contribution in [0.4, 0.5) is 0 Å². The summed E-state index contributed by atoms with van der Waals surface area (Å²) in [4.78, 5) is 11.5. The Bertz CT molecular complexity index is 373. The number of hydrogen-bond acceptors (Lipinski definition) is 3. The number of benzene rings is 1. The van der Waals surface area contributed by atoms with Crippen molar-refractivity contribution in [1.29, 1.82) is 0 Å². The highest BCUT2D eigenvalue weighted by atomic mass is 35.5. The number of ether oxygens (including phenoxy) is 1. The lowest BCUT2D eigenvalue weighted by Crippen LogP contribution is -2.41. The van der Waals surface area contributed by atoms with E-state index in [9.17, 15) is 4.79 Å². The van der Waals surface area contributed by atoms with Gasteiger partial charge in [0.1, 0.15) is 6.10 Å². The Morgan fingerprint density at radius 3 is 2.78 bits per heavy atom. The van der Waals surface area contributed by atoms with Gasteiger partial charge in [-0.3, -0.25) is 4.79 Å². The highest BCUT2D eigenvalue weighted by molar-refractivity contribution is 5.85. The maximum absolute atomic E-state index is 11.5. The molecule has 2 rings (SSSR count). The quantitative estimate of drug-likeness (QED) is 0.866. The number of amides is 1. The number of likely N-dealkylation sites (N-methyl/N-ethyl adjacent to an activating group) is 1. The number of nitrogens with one attached hydrogen (secondary N) is 2. The van der Waals surface area contributed by atoms with Gasteiger partial charge in [0.2, 0.25) is 5.91 Å². The second-order valence-electron chi connectivity index (χ2n) is 4.20. The van der Waals surface area contributed by atoms with Crippen LogP contribution in [0.15, 0.2) is 30.3 Å². The molecule has 4 nitrogen and oxygen atoms in total. The summed E-state index contributed by atoms with van der Waals surface area (Å²) in [6.07, 6.45) is 0.853. The summed E-state index contributed by atoms with van der Waals surface area (Å²) in [5, 5.41) is 5.85. The van der Waals surface area contributed by atoms with E-state index in [0.29, 0.717) is 13.2 Å². The number of carbonyl (C=O) groups is 1. The third kappa shape index (κ3) is 3.70. The number of halogens is 1. The molecule has 1 heterocycles. The van der Waals surface area contributed by atoms with Crippen molar-refractivity contribution in [2.24, 2.45) is 0 Å². The summed E-state index contributed by atoms with van der Waals surface area (Å²) in [5.41, 5.74) is 1.12. The zero-order chi connectivity index (χ0) is 12.1. The van der Waals surface area contributed by atoms with Crippen LogP contribution in [0.25, 0.3) is 0 Å². The number of hydrogen-bond donors (Lipinski definition) is 2. The van der Waals surface area contributed by atoms with Gasteiger partial charge < -0.3 is 15.4 Å². The predicted molar refractivity (Wildman–Crippen MR) is 72.9 cm³/mol. The fraction of sp³-hybridized carbons (Fsp3) is 0.462. The van der Waals surface area contributed by atoms with Gasteiger partial charge in [0.15, 0.2) is 0 Å². The van der Waals surface area contributed by atoms with Crippen molar-refractivity contribution < 1.29 is 9.53 Å². The molecule has 2 atom stereocenters. The first kappa shape index (κ1) is 15.0. The molecule has 1 aromatic rings. The van der Waals surface area contributed by atoms with Gasteiger partial charge in [0.05, 0.1) is 12.6 Å². The molecule has 0 aliphatic carbocycles. The van der Waals surface area contributed by atoms with E-state index in [1.54, 1.807) is 7.05 Å². The number of rotatable bonds is 4. The molecule has 5 heteroatoms. The molecule has 0 aromatic heterocycles. The van der Waals surface area contributed by atoms with Gasteiger partial charge in [-0.05, 0) is 19.0 Å². The minimum Gasteiger partial charge on any atom is -0.371 e. The smallest absolute Gasteiger partial charge is 0.234 e. The summed E-state index contributed by atoms with van der Waals surface area (Å²) in [6, 6.07) is 10.1. The molecule has 100 valence electrons. The lowest BCUT2D eigenvalue weighted by Gasteiger charge is -2.20. The summed E-state index contributed by atoms with van der Waals surface area (Å²) in [5.74, 6) is 0.0175. The van der Waals surface area contributed by atoms with Crippen LogP contribution < -0.4 is 10.6 Å². The van der Waals surface area contributed by atoms with Crippen LogP contribution >= 0.6 is 12.4 Å². The van der Waals surface area contributed by atoms with E-state index < -0.39 is 0 Å². The Hall–Kier alpha value is -1.10. The van der Waals surface area contributed by atoms with Crippen molar-refractivity contribution in [3.8, 4) is 0 Å². The van der Waals surface area contributed by atoms with E-state index in [-0.39, 0.29) is 30.5 Å². The third-order valence-electron chi connectivity index (χ3n) is 2.90. The SMILES string of the molecule is CNCC(=O)NC1CCOC1c1ccccc1.Cl. The van der Waals surface area contributed by atoms with E-state index >= 15 is 0 Å². The van der Waals surface area contributed by atoms with Crippen molar-refractivity contribution in [2.75, 3.05) is 20.2 Å². The van der Waals surface area contributed by atoms with Crippen LogP contribution in [0.2, 0.25) is 0 Å². The van der Waals surface area contributed by atoms with Crippen molar-refractivity contribution in [3.05, 3.63) is 35.9 Å². The Kier molecular flexibility index (Phi) is 6.12. The molecule has 2 N–H and O–H groups in total. The molecule has 1 saturated heterocycles. The molecule has 0 saturated carbocycles. The molecule has 2 unspecified atom stereocenters. The molecule has 1 aliphatic rings. The Labute approximate surface area is 114 Å². The largest absolute Gasteiger partial charge is 0.371 e. The van der Waals surface area contributed by atoms with E-state index in [0.717, 1.165) is 12.0 Å². The van der Waals surface area contributed by atoms with Crippen LogP contribution in [-0.4, -0.2) is 32.1 Å². The van der Waals surface area contributed by atoms with Crippen LogP contribution in [0, 0.1) is 0 Å². The summed E-state index contributed by atoms with van der Waals surface area (Å²) in [6.45, 7) is 1.04. The molecule has 1 aliphatic heterocycles. The molecule has 18 heavy (non-hydrogen) atoms. The normalized spacial score (nSPS) is 22.3. The van der Waals surface area contributed by atoms with Crippen molar-refractivity contribution in [3.63, 3.8) is 0 Å². The summed E-state index contributed by atoms with van der Waals surface area (Å²) >= 11 is 0. The highest BCUT2D eigenvalue weighted by Crippen LogP contribution is 2.28. The maximum atomic E-state index is 11.5. The van der Waals surface area contributed by atoms with Crippen LogP contribution in [-0.2, 0) is 9.53 Å². The third-order valence-corrected chi connectivity index (χ3v) is 2.90. The average molecular weight is 271 g/mol. The van der Waals surface area contributed by atoms with E-state index in [1.807, 2.05) is 30.3 Å². The van der Waals surface area contributed by atoms with Crippen LogP contribution in [0.5, 0.6) is 0 Å². The first-order valence-electron chi connectivity index (χ1n) is 5.92. The second-order valence-corrected chi connectivity index (χ2v) is 4.20. The van der Waals surface area contributed by atoms with Crippen LogP contribution in [0.3, 0.4) is 0 Å². The average Bonchev–Trinajstić information content (AvgIpc) is 2.78. The molecule has 1 amide bonds. The van der Waals surface area contributed by atoms with Crippen LogP contribution in [0.1, 0.15) is 18.1 Å². The van der Waals surface area contributed by atoms with Crippen molar-refractivity contribution in [1.82, 2.24) is 10.6 Å². The highest BCUT2D eigenvalue weighted by Gasteiger charge is 2.30. The fourth-order valence-corrected chi connectivity index (χ4v) is 2.13. The lowest BCUT2D eigenvalue weighted by molar-refractivity contribution is -0.121. The molecule has 0 bridgehead atoms. The minimum atomic E-state index is -0.0167. The zero-order valence-electron chi connectivity index (χ0n) is 10.4. The number of carbonyl (C=O) groups excluding carboxylic acids is 1. The molecule has 0 spiro atoms. The lowest BCUT2D eigenvalue weighted by atomic mass is 10.0. The molecule has 1 aromatic carbocycles. The molecular weight excluding hydrogens is 252 g/mol. The van der Waals surface area contributed by atoms with Crippen molar-refractivity contribution in [2.45, 2.75) is 18.6 Å². The standard InChI is InChI=1S/C13H18N2O2.ClH/c1-14-9-12(16)15-11-7-8-17-13(11)10-5-3-2-4-6-10;/h2-6,11,13-14H,7-9H2,1H3,(H,15,16);1H. The minimum absolute atomic E-state index is 0. The topological polar surface area (TPSA) is 50.4 Å². The molecular formula is C13H19ClN2O2. The first-order valence-corrected chi connectivity index (χ1v) is 5.92. The Balaban J connectivity index is 0.00000162. The second kappa shape index (κ2) is 7.36. The molecule has 0 radical (unpaired) electrons. The monoisotopic (exact) mass is 270 g/mol. The zero-order valence-corrected chi connectivity index (χ0v) is 11.2. The van der Waals surface area contributed by atoms with Gasteiger partial charge in [-0.1, -0.05) is 30.3 Å². The van der Waals surface area contributed by atoms with E-state index in [1.165, 1.54) is 0 Å². The van der Waals surface area contributed by atoms with E-state index in [4.69, 9.17) is 4.74 Å². The van der Waals surface area contributed by atoms with Gasteiger partial charge in [-0.25, -0.2) is 0 Å². The van der Waals surface area contributed by atoms with Gasteiger partial charge in [0.25, 0.3) is 0 Å². The van der Waals surface area contributed by atoms with Crippen molar-refractivity contribution >= 4 is 18.3 Å². The Morgan fingerprint density at radius 2 is 2.11 bits per heavy atom. The maximum Gasteiger partial charge on any atom is 0.234 e. The summed E-state index contributed by atoms with van der Waals surface area (Å²) < 4.78 is 5.70. The predicted octanol–water partition coefficient (Wildman–Crippen LogP) is 1.27. The summed E-state index contributed by atoms with van der Waals surface area (Å²) in [7, 11) is 1.76. The van der Waals surface area contributed by atoms with Gasteiger partial charge >= 0.3 is 0 Å². The van der Waals surface area contributed by atoms with Gasteiger partial charge in [-0.15, -0.1) is 12.4 Å². The van der Waals surface area contributed by atoms with Gasteiger partial charge in [-0.2, -0.15) is 0 Å². The van der Waals surface area contributed by atoms with E-state index in [2.05, 4.69) is 10.6 Å². The molecule has 1 fully saturated rings. The van der Waals surface area contributed by atoms with Gasteiger partial charge in [0, 0.05) is 6.61 Å².